The molecule has 1 aromatic heterocycles. The van der Waals surface area contributed by atoms with Crippen LogP contribution in [0.15, 0.2) is 6.07 Å². The number of nitrogens with zero attached hydrogens (tertiary/aromatic N) is 2. The van der Waals surface area contributed by atoms with Gasteiger partial charge in [0.15, 0.2) is 5.69 Å². The number of aryl methyl sites for hydroxylation is 1. The standard InChI is InChI=1S/C19H26F3N3O/c1-11-3-16(19(20,21)22)24-25(11)10-17(26)23-12(2)18-7-13-4-14(8-18)6-15(5-13)9-18/h3,12-15H,4-10H2,1-2H3,(H,23,26)/t12-,13?,14?,15?,18?/m0/s1. The van der Waals surface area contributed by atoms with Crippen LogP contribution < -0.4 is 5.32 Å². The summed E-state index contributed by atoms with van der Waals surface area (Å²) in [5.41, 5.74) is -0.424. The number of carbonyl (C=O) groups is 1. The molecular weight excluding hydrogens is 343 g/mol. The third-order valence-corrected chi connectivity index (χ3v) is 6.95. The average molecular weight is 369 g/mol. The summed E-state index contributed by atoms with van der Waals surface area (Å²) in [7, 11) is 0. The summed E-state index contributed by atoms with van der Waals surface area (Å²) >= 11 is 0. The summed E-state index contributed by atoms with van der Waals surface area (Å²) in [6, 6.07) is 1.04. The molecule has 4 aliphatic carbocycles. The molecule has 4 saturated carbocycles. The van der Waals surface area contributed by atoms with Crippen molar-refractivity contribution in [1.82, 2.24) is 15.1 Å². The van der Waals surface area contributed by atoms with Gasteiger partial charge in [0.05, 0.1) is 0 Å². The highest BCUT2D eigenvalue weighted by Crippen LogP contribution is 2.61. The first-order valence-corrected chi connectivity index (χ1v) is 9.56. The fourth-order valence-corrected chi connectivity index (χ4v) is 6.09. The van der Waals surface area contributed by atoms with Crippen LogP contribution in [0, 0.1) is 30.1 Å². The van der Waals surface area contributed by atoms with Gasteiger partial charge in [-0.05, 0) is 81.6 Å². The minimum atomic E-state index is -4.49. The summed E-state index contributed by atoms with van der Waals surface area (Å²) in [5, 5.41) is 6.63. The molecule has 0 aliphatic heterocycles. The number of hydrogen-bond acceptors (Lipinski definition) is 2. The highest BCUT2D eigenvalue weighted by Gasteiger charge is 2.53. The predicted molar refractivity (Wildman–Crippen MR) is 90.2 cm³/mol. The van der Waals surface area contributed by atoms with Crippen LogP contribution in [0.5, 0.6) is 0 Å². The molecule has 4 bridgehead atoms. The maximum atomic E-state index is 12.8. The van der Waals surface area contributed by atoms with Crippen LogP contribution in [0.1, 0.15) is 56.8 Å². The van der Waals surface area contributed by atoms with E-state index in [4.69, 9.17) is 0 Å². The smallest absolute Gasteiger partial charge is 0.351 e. The molecule has 0 spiro atoms. The average Bonchev–Trinajstić information content (AvgIpc) is 2.87. The number of amides is 1. The molecule has 26 heavy (non-hydrogen) atoms. The van der Waals surface area contributed by atoms with Crippen molar-refractivity contribution in [2.45, 2.75) is 71.1 Å². The van der Waals surface area contributed by atoms with E-state index < -0.39 is 11.9 Å². The Balaban J connectivity index is 1.42. The summed E-state index contributed by atoms with van der Waals surface area (Å²) in [4.78, 5) is 12.5. The molecule has 1 atom stereocenters. The predicted octanol–water partition coefficient (Wildman–Crippen LogP) is 3.93. The first-order chi connectivity index (χ1) is 12.1. The molecule has 1 aromatic rings. The normalized spacial score (nSPS) is 34.1. The Morgan fingerprint density at radius 1 is 1.27 bits per heavy atom. The van der Waals surface area contributed by atoms with Gasteiger partial charge in [0.2, 0.25) is 5.91 Å². The summed E-state index contributed by atoms with van der Waals surface area (Å²) in [6.07, 6.45) is 3.07. The molecule has 144 valence electrons. The zero-order valence-corrected chi connectivity index (χ0v) is 15.3. The minimum Gasteiger partial charge on any atom is -0.351 e. The van der Waals surface area contributed by atoms with E-state index in [1.807, 2.05) is 0 Å². The van der Waals surface area contributed by atoms with Gasteiger partial charge in [-0.25, -0.2) is 0 Å². The zero-order chi connectivity index (χ0) is 18.7. The van der Waals surface area contributed by atoms with E-state index in [1.54, 1.807) is 0 Å². The highest BCUT2D eigenvalue weighted by atomic mass is 19.4. The van der Waals surface area contributed by atoms with E-state index in [9.17, 15) is 18.0 Å². The van der Waals surface area contributed by atoms with Gasteiger partial charge in [-0.15, -0.1) is 0 Å². The first-order valence-electron chi connectivity index (χ1n) is 9.56. The van der Waals surface area contributed by atoms with Crippen LogP contribution >= 0.6 is 0 Å². The van der Waals surface area contributed by atoms with Crippen molar-refractivity contribution in [1.29, 1.82) is 0 Å². The largest absolute Gasteiger partial charge is 0.435 e. The number of rotatable bonds is 4. The third-order valence-electron chi connectivity index (χ3n) is 6.95. The van der Waals surface area contributed by atoms with Crippen molar-refractivity contribution in [3.05, 3.63) is 17.5 Å². The van der Waals surface area contributed by atoms with Crippen LogP contribution in [0.3, 0.4) is 0 Å². The Kier molecular flexibility index (Phi) is 4.12. The molecular formula is C19H26F3N3O. The van der Waals surface area contributed by atoms with Crippen LogP contribution in [-0.4, -0.2) is 21.7 Å². The fourth-order valence-electron chi connectivity index (χ4n) is 6.09. The van der Waals surface area contributed by atoms with Crippen LogP contribution in [0.2, 0.25) is 0 Å². The van der Waals surface area contributed by atoms with Gasteiger partial charge >= 0.3 is 6.18 Å². The van der Waals surface area contributed by atoms with E-state index in [0.29, 0.717) is 5.69 Å². The topological polar surface area (TPSA) is 46.9 Å². The lowest BCUT2D eigenvalue weighted by molar-refractivity contribution is -0.141. The van der Waals surface area contributed by atoms with Gasteiger partial charge in [-0.2, -0.15) is 18.3 Å². The van der Waals surface area contributed by atoms with Crippen molar-refractivity contribution in [3.8, 4) is 0 Å². The van der Waals surface area contributed by atoms with Crippen LogP contribution in [0.25, 0.3) is 0 Å². The molecule has 1 amide bonds. The molecule has 0 saturated heterocycles. The van der Waals surface area contributed by atoms with Gasteiger partial charge in [0, 0.05) is 11.7 Å². The molecule has 0 aromatic carbocycles. The van der Waals surface area contributed by atoms with E-state index in [1.165, 1.54) is 45.4 Å². The highest BCUT2D eigenvalue weighted by molar-refractivity contribution is 5.76. The molecule has 4 nitrogen and oxygen atoms in total. The number of alkyl halides is 3. The van der Waals surface area contributed by atoms with Crippen molar-refractivity contribution < 1.29 is 18.0 Å². The molecule has 7 heteroatoms. The lowest BCUT2D eigenvalue weighted by Crippen LogP contribution is -2.56. The van der Waals surface area contributed by atoms with Gasteiger partial charge in [0.1, 0.15) is 6.54 Å². The second-order valence-corrected chi connectivity index (χ2v) is 8.90. The minimum absolute atomic E-state index is 0.0568. The number of halogens is 3. The number of carbonyl (C=O) groups excluding carboxylic acids is 1. The van der Waals surface area contributed by atoms with E-state index in [2.05, 4.69) is 17.3 Å². The lowest BCUT2D eigenvalue weighted by atomic mass is 9.48. The van der Waals surface area contributed by atoms with Crippen molar-refractivity contribution in [3.63, 3.8) is 0 Å². The lowest BCUT2D eigenvalue weighted by Gasteiger charge is -2.59. The molecule has 4 aliphatic rings. The second-order valence-electron chi connectivity index (χ2n) is 8.90. The van der Waals surface area contributed by atoms with Gasteiger partial charge < -0.3 is 5.32 Å². The summed E-state index contributed by atoms with van der Waals surface area (Å²) in [5.74, 6) is 2.13. The fraction of sp³-hybridized carbons (Fsp3) is 0.789. The molecule has 1 N–H and O–H groups in total. The number of aromatic nitrogens is 2. The molecule has 1 heterocycles. The monoisotopic (exact) mass is 369 g/mol. The van der Waals surface area contributed by atoms with Gasteiger partial charge in [0.25, 0.3) is 0 Å². The molecule has 5 rings (SSSR count). The Morgan fingerprint density at radius 3 is 2.27 bits per heavy atom. The Hall–Kier alpha value is -1.53. The molecule has 0 radical (unpaired) electrons. The van der Waals surface area contributed by atoms with E-state index in [0.717, 1.165) is 28.5 Å². The Labute approximate surface area is 151 Å². The quantitative estimate of drug-likeness (QED) is 0.874. The summed E-state index contributed by atoms with van der Waals surface area (Å²) in [6.45, 7) is 3.44. The SMILES string of the molecule is Cc1cc(C(F)(F)F)nn1CC(=O)N[C@@H](C)C12CC3CC(CC(C3)C1)C2. The van der Waals surface area contributed by atoms with Crippen molar-refractivity contribution in [2.75, 3.05) is 0 Å². The second kappa shape index (κ2) is 5.99. The van der Waals surface area contributed by atoms with Crippen molar-refractivity contribution >= 4 is 5.91 Å². The Morgan fingerprint density at radius 2 is 1.81 bits per heavy atom. The third kappa shape index (κ3) is 3.14. The maximum absolute atomic E-state index is 12.8. The van der Waals surface area contributed by atoms with E-state index >= 15 is 0 Å². The van der Waals surface area contributed by atoms with E-state index in [-0.39, 0.29) is 23.9 Å². The van der Waals surface area contributed by atoms with Gasteiger partial charge in [-0.3, -0.25) is 9.48 Å². The summed E-state index contributed by atoms with van der Waals surface area (Å²) < 4.78 is 39.5. The number of hydrogen-bond donors (Lipinski definition) is 1. The maximum Gasteiger partial charge on any atom is 0.435 e. The van der Waals surface area contributed by atoms with Crippen molar-refractivity contribution in [2.24, 2.45) is 23.2 Å². The van der Waals surface area contributed by atoms with Crippen LogP contribution in [0.4, 0.5) is 13.2 Å². The zero-order valence-electron chi connectivity index (χ0n) is 15.3. The Bertz CT molecular complexity index is 674. The number of nitrogens with one attached hydrogen (secondary N) is 1. The molecule has 4 fully saturated rings. The first kappa shape index (κ1) is 17.9. The van der Waals surface area contributed by atoms with Gasteiger partial charge in [-0.1, -0.05) is 0 Å². The molecule has 0 unspecified atom stereocenters. The van der Waals surface area contributed by atoms with Crippen LogP contribution in [-0.2, 0) is 17.5 Å².